The van der Waals surface area contributed by atoms with Crippen molar-refractivity contribution in [2.75, 3.05) is 54.2 Å². The summed E-state index contributed by atoms with van der Waals surface area (Å²) in [5, 5.41) is 0. The molecule has 2 N–H and O–H groups in total. The average molecular weight is 274 g/mol. The molecule has 114 valence electrons. The van der Waals surface area contributed by atoms with Crippen LogP contribution in [0.2, 0.25) is 0 Å². The van der Waals surface area contributed by atoms with Gasteiger partial charge in [-0.05, 0) is 12.8 Å². The number of nitrogens with zero attached hydrogens (tertiary/aromatic N) is 1. The third-order valence-electron chi connectivity index (χ3n) is 4.32. The molecule has 0 aromatic heterocycles. The van der Waals surface area contributed by atoms with E-state index in [-0.39, 0.29) is 11.6 Å². The molecule has 1 rings (SSSR count). The fraction of sp³-hybridized carbons (Fsp3) is 1.00. The van der Waals surface area contributed by atoms with E-state index in [9.17, 15) is 0 Å². The molecule has 0 bridgehead atoms. The highest BCUT2D eigenvalue weighted by Gasteiger charge is 2.44. The van der Waals surface area contributed by atoms with Crippen LogP contribution in [0.25, 0.3) is 0 Å². The van der Waals surface area contributed by atoms with Crippen molar-refractivity contribution in [3.05, 3.63) is 0 Å². The molecule has 2 unspecified atom stereocenters. The van der Waals surface area contributed by atoms with Gasteiger partial charge in [-0.3, -0.25) is 4.90 Å². The molecule has 1 aliphatic rings. The van der Waals surface area contributed by atoms with Crippen molar-refractivity contribution in [1.82, 2.24) is 4.90 Å². The Hall–Kier alpha value is -0.200. The van der Waals surface area contributed by atoms with Crippen LogP contribution in [0, 0.1) is 0 Å². The van der Waals surface area contributed by atoms with Crippen molar-refractivity contribution in [1.29, 1.82) is 0 Å². The van der Waals surface area contributed by atoms with E-state index in [2.05, 4.69) is 4.90 Å². The molecule has 19 heavy (non-hydrogen) atoms. The van der Waals surface area contributed by atoms with Crippen LogP contribution < -0.4 is 5.73 Å². The van der Waals surface area contributed by atoms with Crippen LogP contribution in [0.3, 0.4) is 0 Å². The monoisotopic (exact) mass is 274 g/mol. The number of hydrogen-bond acceptors (Lipinski definition) is 5. The van der Waals surface area contributed by atoms with E-state index >= 15 is 0 Å². The topological polar surface area (TPSA) is 57.0 Å². The molecule has 2 atom stereocenters. The van der Waals surface area contributed by atoms with Crippen molar-refractivity contribution < 1.29 is 14.2 Å². The van der Waals surface area contributed by atoms with Crippen molar-refractivity contribution in [2.45, 2.75) is 37.3 Å². The highest BCUT2D eigenvalue weighted by atomic mass is 16.5. The Bertz CT molecular complexity index is 233. The summed E-state index contributed by atoms with van der Waals surface area (Å²) in [6, 6.07) is 0. The second-order valence-corrected chi connectivity index (χ2v) is 5.25. The van der Waals surface area contributed by atoms with E-state index in [1.165, 1.54) is 12.8 Å². The summed E-state index contributed by atoms with van der Waals surface area (Å²) in [4.78, 5) is 2.41. The first-order chi connectivity index (χ1) is 9.25. The Labute approximate surface area is 117 Å². The molecule has 0 amide bonds. The van der Waals surface area contributed by atoms with Crippen molar-refractivity contribution in [3.63, 3.8) is 0 Å². The van der Waals surface area contributed by atoms with Crippen LogP contribution in [0.5, 0.6) is 0 Å². The number of nitrogens with two attached hydrogens (primary N) is 1. The van der Waals surface area contributed by atoms with E-state index in [4.69, 9.17) is 19.9 Å². The zero-order valence-electron chi connectivity index (χ0n) is 12.7. The summed E-state index contributed by atoms with van der Waals surface area (Å²) in [6.45, 7) is 3.79. The summed E-state index contributed by atoms with van der Waals surface area (Å²) in [7, 11) is 5.27. The normalized spacial score (nSPS) is 27.9. The number of methoxy groups -OCH3 is 3. The molecule has 0 aliphatic heterocycles. The molecule has 5 heteroatoms. The first-order valence-electron chi connectivity index (χ1n) is 7.21. The summed E-state index contributed by atoms with van der Waals surface area (Å²) in [5.41, 5.74) is 6.08. The van der Waals surface area contributed by atoms with Gasteiger partial charge in [-0.1, -0.05) is 12.8 Å². The maximum Gasteiger partial charge on any atom is 0.0767 e. The zero-order chi connectivity index (χ0) is 14.1. The van der Waals surface area contributed by atoms with Gasteiger partial charge < -0.3 is 19.9 Å². The smallest absolute Gasteiger partial charge is 0.0767 e. The zero-order valence-corrected chi connectivity index (χ0v) is 12.7. The highest BCUT2D eigenvalue weighted by Crippen LogP contribution is 2.34. The summed E-state index contributed by atoms with van der Waals surface area (Å²) in [6.07, 6.45) is 4.83. The average Bonchev–Trinajstić information content (AvgIpc) is 2.47. The van der Waals surface area contributed by atoms with Crippen LogP contribution in [0.15, 0.2) is 0 Å². The van der Waals surface area contributed by atoms with E-state index in [1.807, 2.05) is 0 Å². The standard InChI is InChI=1S/C14H30N2O3/c1-17-10-8-16(9-11-18-2)14(12-15)7-5-4-6-13(14)19-3/h13H,4-12,15H2,1-3H3. The molecule has 0 spiro atoms. The summed E-state index contributed by atoms with van der Waals surface area (Å²) in [5.74, 6) is 0. The fourth-order valence-electron chi connectivity index (χ4n) is 3.21. The lowest BCUT2D eigenvalue weighted by Crippen LogP contribution is -2.64. The molecule has 5 nitrogen and oxygen atoms in total. The van der Waals surface area contributed by atoms with Crippen LogP contribution in [0.1, 0.15) is 25.7 Å². The molecule has 0 radical (unpaired) electrons. The molecular weight excluding hydrogens is 244 g/mol. The lowest BCUT2D eigenvalue weighted by molar-refractivity contribution is -0.0856. The molecule has 0 heterocycles. The number of rotatable bonds is 9. The first-order valence-corrected chi connectivity index (χ1v) is 7.21. The van der Waals surface area contributed by atoms with E-state index in [1.54, 1.807) is 21.3 Å². The number of ether oxygens (including phenoxy) is 3. The van der Waals surface area contributed by atoms with E-state index in [0.717, 1.165) is 25.9 Å². The number of hydrogen-bond donors (Lipinski definition) is 1. The molecule has 0 saturated heterocycles. The first kappa shape index (κ1) is 16.9. The van der Waals surface area contributed by atoms with Gasteiger partial charge in [0, 0.05) is 41.0 Å². The van der Waals surface area contributed by atoms with Gasteiger partial charge in [0.15, 0.2) is 0 Å². The van der Waals surface area contributed by atoms with Gasteiger partial charge in [0.1, 0.15) is 0 Å². The summed E-state index contributed by atoms with van der Waals surface area (Å²) >= 11 is 0. The van der Waals surface area contributed by atoms with E-state index < -0.39 is 0 Å². The van der Waals surface area contributed by atoms with Gasteiger partial charge in [-0.15, -0.1) is 0 Å². The second-order valence-electron chi connectivity index (χ2n) is 5.25. The lowest BCUT2D eigenvalue weighted by atomic mass is 9.77. The van der Waals surface area contributed by atoms with Crippen LogP contribution in [0.4, 0.5) is 0 Å². The molecule has 1 aliphatic carbocycles. The third kappa shape index (κ3) is 4.13. The second kappa shape index (κ2) is 8.87. The van der Waals surface area contributed by atoms with Crippen molar-refractivity contribution in [3.8, 4) is 0 Å². The Morgan fingerprint density at radius 2 is 1.74 bits per heavy atom. The predicted molar refractivity (Wildman–Crippen MR) is 76.4 cm³/mol. The quantitative estimate of drug-likeness (QED) is 0.676. The Kier molecular flexibility index (Phi) is 7.87. The van der Waals surface area contributed by atoms with Gasteiger partial charge in [0.2, 0.25) is 0 Å². The minimum absolute atomic E-state index is 0.0654. The molecule has 0 aromatic carbocycles. The van der Waals surface area contributed by atoms with Gasteiger partial charge in [-0.25, -0.2) is 0 Å². The van der Waals surface area contributed by atoms with Gasteiger partial charge in [0.05, 0.1) is 24.9 Å². The van der Waals surface area contributed by atoms with Crippen LogP contribution >= 0.6 is 0 Å². The predicted octanol–water partition coefficient (Wildman–Crippen LogP) is 0.868. The third-order valence-corrected chi connectivity index (χ3v) is 4.32. The van der Waals surface area contributed by atoms with Crippen molar-refractivity contribution in [2.24, 2.45) is 5.73 Å². The maximum absolute atomic E-state index is 6.15. The van der Waals surface area contributed by atoms with Gasteiger partial charge in [-0.2, -0.15) is 0 Å². The largest absolute Gasteiger partial charge is 0.383 e. The molecule has 0 aromatic rings. The SMILES string of the molecule is COCCN(CCOC)C1(CN)CCCCC1OC. The van der Waals surface area contributed by atoms with Gasteiger partial charge in [0.25, 0.3) is 0 Å². The fourth-order valence-corrected chi connectivity index (χ4v) is 3.21. The summed E-state index contributed by atoms with van der Waals surface area (Å²) < 4.78 is 16.2. The molecular formula is C14H30N2O3. The molecule has 1 saturated carbocycles. The minimum Gasteiger partial charge on any atom is -0.383 e. The van der Waals surface area contributed by atoms with Crippen LogP contribution in [-0.2, 0) is 14.2 Å². The Morgan fingerprint density at radius 1 is 1.11 bits per heavy atom. The highest BCUT2D eigenvalue weighted by molar-refractivity contribution is 5.01. The molecule has 1 fully saturated rings. The van der Waals surface area contributed by atoms with Crippen LogP contribution in [-0.4, -0.2) is 70.7 Å². The Morgan fingerprint density at radius 3 is 2.21 bits per heavy atom. The van der Waals surface area contributed by atoms with E-state index in [0.29, 0.717) is 19.8 Å². The Balaban J connectivity index is 2.83. The minimum atomic E-state index is -0.0654. The lowest BCUT2D eigenvalue weighted by Gasteiger charge is -2.50. The maximum atomic E-state index is 6.15. The van der Waals surface area contributed by atoms with Gasteiger partial charge >= 0.3 is 0 Å². The van der Waals surface area contributed by atoms with Crippen molar-refractivity contribution >= 4 is 0 Å².